The zero-order valence-electron chi connectivity index (χ0n) is 9.07. The Hall–Kier alpha value is -2.83. The van der Waals surface area contributed by atoms with Crippen LogP contribution in [0.3, 0.4) is 0 Å². The zero-order chi connectivity index (χ0) is 12.7. The second-order valence-electron chi connectivity index (χ2n) is 3.69. The van der Waals surface area contributed by atoms with E-state index < -0.39 is 5.97 Å². The van der Waals surface area contributed by atoms with Crippen molar-refractivity contribution in [3.05, 3.63) is 36.2 Å². The number of fused-ring (bicyclic) bond motifs is 1. The molecule has 2 heterocycles. The van der Waals surface area contributed by atoms with Gasteiger partial charge < -0.3 is 15.4 Å². The highest BCUT2D eigenvalue weighted by molar-refractivity contribution is 5.91. The van der Waals surface area contributed by atoms with Gasteiger partial charge in [0.1, 0.15) is 0 Å². The first-order chi connectivity index (χ1) is 8.66. The summed E-state index contributed by atoms with van der Waals surface area (Å²) < 4.78 is 6.41. The number of para-hydroxylation sites is 1. The first kappa shape index (κ1) is 10.3. The van der Waals surface area contributed by atoms with Crippen molar-refractivity contribution in [3.63, 3.8) is 0 Å². The van der Waals surface area contributed by atoms with Crippen LogP contribution in [0.4, 0.5) is 5.69 Å². The van der Waals surface area contributed by atoms with Crippen molar-refractivity contribution in [2.45, 2.75) is 0 Å². The van der Waals surface area contributed by atoms with E-state index in [1.807, 2.05) is 12.1 Å². The molecular formula is C11H8N4O3. The lowest BCUT2D eigenvalue weighted by molar-refractivity contribution is 0.0691. The summed E-state index contributed by atoms with van der Waals surface area (Å²) in [6.07, 6.45) is 1.40. The van der Waals surface area contributed by atoms with Gasteiger partial charge in [-0.05, 0) is 12.1 Å². The third-order valence-electron chi connectivity index (χ3n) is 2.52. The van der Waals surface area contributed by atoms with E-state index in [0.29, 0.717) is 11.4 Å². The first-order valence-corrected chi connectivity index (χ1v) is 5.10. The van der Waals surface area contributed by atoms with Gasteiger partial charge in [-0.25, -0.2) is 9.48 Å². The summed E-state index contributed by atoms with van der Waals surface area (Å²) in [5.74, 6) is -0.774. The highest BCUT2D eigenvalue weighted by Crippen LogP contribution is 2.22. The summed E-state index contributed by atoms with van der Waals surface area (Å²) in [6, 6.07) is 7.21. The smallest absolute Gasteiger partial charge is 0.358 e. The van der Waals surface area contributed by atoms with E-state index >= 15 is 0 Å². The lowest BCUT2D eigenvalue weighted by atomic mass is 10.2. The minimum absolute atomic E-state index is 0.0783. The molecule has 0 saturated carbocycles. The molecule has 2 aromatic heterocycles. The van der Waals surface area contributed by atoms with Crippen LogP contribution in [-0.4, -0.2) is 26.0 Å². The average Bonchev–Trinajstić information content (AvgIpc) is 2.92. The molecule has 0 atom stereocenters. The molecule has 7 nitrogen and oxygen atoms in total. The van der Waals surface area contributed by atoms with E-state index in [1.54, 1.807) is 12.1 Å². The SMILES string of the molecule is Nc1cn(-c2noc3ccccc23)nc1C(=O)O. The summed E-state index contributed by atoms with van der Waals surface area (Å²) in [5.41, 5.74) is 6.04. The molecule has 0 aliphatic rings. The van der Waals surface area contributed by atoms with Gasteiger partial charge in [0.25, 0.3) is 0 Å². The summed E-state index contributed by atoms with van der Waals surface area (Å²) in [5, 5.41) is 17.4. The van der Waals surface area contributed by atoms with E-state index in [0.717, 1.165) is 5.39 Å². The zero-order valence-corrected chi connectivity index (χ0v) is 9.07. The predicted octanol–water partition coefficient (Wildman–Crippen LogP) is 1.29. The number of nitrogens with two attached hydrogens (primary N) is 1. The maximum Gasteiger partial charge on any atom is 0.358 e. The highest BCUT2D eigenvalue weighted by Gasteiger charge is 2.17. The van der Waals surface area contributed by atoms with Crippen molar-refractivity contribution in [1.29, 1.82) is 0 Å². The molecule has 0 bridgehead atoms. The molecule has 7 heteroatoms. The van der Waals surface area contributed by atoms with Crippen molar-refractivity contribution in [2.24, 2.45) is 0 Å². The van der Waals surface area contributed by atoms with Gasteiger partial charge in [-0.1, -0.05) is 17.3 Å². The number of carboxylic acids is 1. The van der Waals surface area contributed by atoms with Crippen LogP contribution in [-0.2, 0) is 0 Å². The number of carboxylic acid groups (broad SMARTS) is 1. The lowest BCUT2D eigenvalue weighted by Crippen LogP contribution is -2.02. The Morgan fingerprint density at radius 1 is 1.39 bits per heavy atom. The number of carbonyl (C=O) groups is 1. The molecule has 90 valence electrons. The van der Waals surface area contributed by atoms with Gasteiger partial charge in [-0.3, -0.25) is 0 Å². The van der Waals surface area contributed by atoms with Crippen LogP contribution in [0, 0.1) is 0 Å². The van der Waals surface area contributed by atoms with Crippen molar-refractivity contribution >= 4 is 22.6 Å². The second-order valence-corrected chi connectivity index (χ2v) is 3.69. The molecule has 0 saturated heterocycles. The topological polar surface area (TPSA) is 107 Å². The summed E-state index contributed by atoms with van der Waals surface area (Å²) in [4.78, 5) is 10.9. The van der Waals surface area contributed by atoms with E-state index in [4.69, 9.17) is 15.4 Å². The molecule has 0 unspecified atom stereocenters. The Balaban J connectivity index is 2.20. The molecule has 0 aliphatic carbocycles. The van der Waals surface area contributed by atoms with Crippen LogP contribution >= 0.6 is 0 Å². The van der Waals surface area contributed by atoms with Crippen LogP contribution < -0.4 is 5.73 Å². The summed E-state index contributed by atoms with van der Waals surface area (Å²) in [7, 11) is 0. The Morgan fingerprint density at radius 2 is 2.17 bits per heavy atom. The number of nitrogen functional groups attached to an aromatic ring is 1. The van der Waals surface area contributed by atoms with Crippen LogP contribution in [0.2, 0.25) is 0 Å². The Morgan fingerprint density at radius 3 is 2.89 bits per heavy atom. The van der Waals surface area contributed by atoms with Crippen LogP contribution in [0.5, 0.6) is 0 Å². The van der Waals surface area contributed by atoms with Crippen LogP contribution in [0.1, 0.15) is 10.5 Å². The molecule has 3 rings (SSSR count). The quantitative estimate of drug-likeness (QED) is 0.703. The fraction of sp³-hybridized carbons (Fsp3) is 0. The van der Waals surface area contributed by atoms with E-state index in [1.165, 1.54) is 10.9 Å². The average molecular weight is 244 g/mol. The van der Waals surface area contributed by atoms with Gasteiger partial charge in [0.2, 0.25) is 5.82 Å². The Bertz CT molecular complexity index is 744. The number of nitrogens with zero attached hydrogens (tertiary/aromatic N) is 3. The Kier molecular flexibility index (Phi) is 2.06. The number of rotatable bonds is 2. The fourth-order valence-corrected chi connectivity index (χ4v) is 1.70. The molecule has 0 spiro atoms. The molecular weight excluding hydrogens is 236 g/mol. The molecule has 0 amide bonds. The van der Waals surface area contributed by atoms with Gasteiger partial charge in [0.15, 0.2) is 11.3 Å². The number of aromatic nitrogens is 3. The van der Waals surface area contributed by atoms with Crippen LogP contribution in [0.25, 0.3) is 16.8 Å². The highest BCUT2D eigenvalue weighted by atomic mass is 16.5. The standard InChI is InChI=1S/C11H8N4O3/c12-7-5-15(13-9(7)11(16)17)10-6-3-1-2-4-8(6)18-14-10/h1-5H,12H2,(H,16,17). The molecule has 3 N–H and O–H groups in total. The molecule has 0 fully saturated rings. The summed E-state index contributed by atoms with van der Waals surface area (Å²) in [6.45, 7) is 0. The first-order valence-electron chi connectivity index (χ1n) is 5.10. The van der Waals surface area contributed by atoms with E-state index in [2.05, 4.69) is 10.3 Å². The predicted molar refractivity (Wildman–Crippen MR) is 62.5 cm³/mol. The number of hydrogen-bond acceptors (Lipinski definition) is 5. The van der Waals surface area contributed by atoms with Crippen molar-refractivity contribution in [1.82, 2.24) is 14.9 Å². The van der Waals surface area contributed by atoms with Gasteiger partial charge in [-0.2, -0.15) is 5.10 Å². The molecule has 1 aromatic carbocycles. The minimum Gasteiger partial charge on any atom is -0.476 e. The number of aromatic carboxylic acids is 1. The largest absolute Gasteiger partial charge is 0.476 e. The second kappa shape index (κ2) is 3.59. The monoisotopic (exact) mass is 244 g/mol. The normalized spacial score (nSPS) is 10.9. The fourth-order valence-electron chi connectivity index (χ4n) is 1.70. The Labute approximate surface area is 100 Å². The number of benzene rings is 1. The van der Waals surface area contributed by atoms with Gasteiger partial charge >= 0.3 is 5.97 Å². The molecule has 0 aliphatic heterocycles. The van der Waals surface area contributed by atoms with Crippen molar-refractivity contribution < 1.29 is 14.4 Å². The van der Waals surface area contributed by atoms with Gasteiger partial charge in [0, 0.05) is 0 Å². The lowest BCUT2D eigenvalue weighted by Gasteiger charge is -1.93. The summed E-state index contributed by atoms with van der Waals surface area (Å²) >= 11 is 0. The minimum atomic E-state index is -1.18. The van der Waals surface area contributed by atoms with Gasteiger partial charge in [0.05, 0.1) is 17.3 Å². The molecule has 3 aromatic rings. The maximum atomic E-state index is 10.9. The number of hydrogen-bond donors (Lipinski definition) is 2. The van der Waals surface area contributed by atoms with E-state index in [-0.39, 0.29) is 11.4 Å². The number of anilines is 1. The molecule has 18 heavy (non-hydrogen) atoms. The van der Waals surface area contributed by atoms with E-state index in [9.17, 15) is 4.79 Å². The van der Waals surface area contributed by atoms with Crippen molar-refractivity contribution in [2.75, 3.05) is 5.73 Å². The maximum absolute atomic E-state index is 10.9. The molecule has 0 radical (unpaired) electrons. The van der Waals surface area contributed by atoms with Crippen molar-refractivity contribution in [3.8, 4) is 5.82 Å². The third-order valence-corrected chi connectivity index (χ3v) is 2.52. The van der Waals surface area contributed by atoms with Crippen LogP contribution in [0.15, 0.2) is 35.0 Å². The third kappa shape index (κ3) is 1.41. The van der Waals surface area contributed by atoms with Gasteiger partial charge in [-0.15, -0.1) is 0 Å².